The number of carbonyl (C=O) groups excluding carboxylic acids is 1. The first kappa shape index (κ1) is 32.6. The first-order chi connectivity index (χ1) is 21.7. The Kier molecular flexibility index (Phi) is 10.2. The molecule has 0 radical (unpaired) electrons. The number of carbonyl (C=O) groups is 1. The van der Waals surface area contributed by atoms with Crippen LogP contribution in [-0.4, -0.2) is 67.1 Å². The molecule has 1 unspecified atom stereocenters. The SMILES string of the molecule is COC(=O)C(COCCO[Si](c1ccccc1)(c1ccccc1)C(C)(C)C)Oc1ncnc2c1cnn2-c1cccc(Cl)c1Cl. The predicted molar refractivity (Wildman–Crippen MR) is 178 cm³/mol. The van der Waals surface area contributed by atoms with Gasteiger partial charge in [0.2, 0.25) is 12.0 Å². The highest BCUT2D eigenvalue weighted by molar-refractivity contribution is 6.99. The van der Waals surface area contributed by atoms with Crippen molar-refractivity contribution in [3.8, 4) is 11.6 Å². The van der Waals surface area contributed by atoms with Gasteiger partial charge in [-0.2, -0.15) is 5.10 Å². The molecule has 9 nitrogen and oxygen atoms in total. The molecule has 0 bridgehead atoms. The zero-order valence-corrected chi connectivity index (χ0v) is 28.0. The van der Waals surface area contributed by atoms with Crippen LogP contribution in [0.5, 0.6) is 5.88 Å². The molecule has 0 saturated heterocycles. The summed E-state index contributed by atoms with van der Waals surface area (Å²) in [5.74, 6) is -0.466. The number of hydrogen-bond acceptors (Lipinski definition) is 8. The molecule has 2 heterocycles. The molecule has 0 aliphatic heterocycles. The third-order valence-electron chi connectivity index (χ3n) is 7.44. The van der Waals surface area contributed by atoms with Crippen LogP contribution >= 0.6 is 23.2 Å². The van der Waals surface area contributed by atoms with Crippen molar-refractivity contribution < 1.29 is 23.4 Å². The molecule has 12 heteroatoms. The molecule has 1 atom stereocenters. The number of methoxy groups -OCH3 is 1. The van der Waals surface area contributed by atoms with Gasteiger partial charge >= 0.3 is 5.97 Å². The zero-order chi connectivity index (χ0) is 32.0. The Morgan fingerprint density at radius 1 is 0.911 bits per heavy atom. The van der Waals surface area contributed by atoms with Gasteiger partial charge < -0.3 is 18.6 Å². The molecule has 0 N–H and O–H groups in total. The van der Waals surface area contributed by atoms with E-state index in [9.17, 15) is 4.79 Å². The molecule has 0 fully saturated rings. The molecule has 2 aromatic heterocycles. The van der Waals surface area contributed by atoms with E-state index in [4.69, 9.17) is 41.8 Å². The minimum atomic E-state index is -2.73. The van der Waals surface area contributed by atoms with Gasteiger partial charge in [0.05, 0.1) is 48.9 Å². The van der Waals surface area contributed by atoms with E-state index in [0.29, 0.717) is 33.4 Å². The largest absolute Gasteiger partial charge is 0.466 e. The minimum Gasteiger partial charge on any atom is -0.466 e. The van der Waals surface area contributed by atoms with Gasteiger partial charge in [0, 0.05) is 0 Å². The van der Waals surface area contributed by atoms with E-state index in [0.717, 1.165) is 0 Å². The Morgan fingerprint density at radius 2 is 1.58 bits per heavy atom. The maximum Gasteiger partial charge on any atom is 0.349 e. The van der Waals surface area contributed by atoms with Gasteiger partial charge in [0.25, 0.3) is 8.32 Å². The number of nitrogens with zero attached hydrogens (tertiary/aromatic N) is 4. The summed E-state index contributed by atoms with van der Waals surface area (Å²) in [6, 6.07) is 25.9. The number of hydrogen-bond donors (Lipinski definition) is 0. The summed E-state index contributed by atoms with van der Waals surface area (Å²) in [5.41, 5.74) is 0.963. The van der Waals surface area contributed by atoms with Gasteiger partial charge in [-0.3, -0.25) is 0 Å². The van der Waals surface area contributed by atoms with Crippen LogP contribution in [-0.2, 0) is 18.7 Å². The lowest BCUT2D eigenvalue weighted by Gasteiger charge is -2.43. The number of esters is 1. The Balaban J connectivity index is 1.32. The van der Waals surface area contributed by atoms with Crippen molar-refractivity contribution in [2.24, 2.45) is 0 Å². The van der Waals surface area contributed by atoms with Crippen LogP contribution in [0.15, 0.2) is 91.4 Å². The fourth-order valence-electron chi connectivity index (χ4n) is 5.37. The molecule has 5 aromatic rings. The molecular weight excluding hydrogens is 631 g/mol. The van der Waals surface area contributed by atoms with Gasteiger partial charge in [-0.1, -0.05) is 111 Å². The van der Waals surface area contributed by atoms with Crippen LogP contribution in [0.2, 0.25) is 15.1 Å². The van der Waals surface area contributed by atoms with E-state index in [1.54, 1.807) is 18.2 Å². The van der Waals surface area contributed by atoms with Crippen molar-refractivity contribution in [3.05, 3.63) is 101 Å². The summed E-state index contributed by atoms with van der Waals surface area (Å²) in [6.45, 7) is 7.10. The van der Waals surface area contributed by atoms with E-state index in [-0.39, 0.29) is 24.1 Å². The van der Waals surface area contributed by atoms with Crippen molar-refractivity contribution in [1.82, 2.24) is 19.7 Å². The summed E-state index contributed by atoms with van der Waals surface area (Å²) in [7, 11) is -1.44. The lowest BCUT2D eigenvalue weighted by Crippen LogP contribution is -2.66. The molecular formula is C33H34Cl2N4O5Si. The van der Waals surface area contributed by atoms with Gasteiger partial charge in [0.15, 0.2) is 5.65 Å². The Morgan fingerprint density at radius 3 is 2.20 bits per heavy atom. The average molecular weight is 666 g/mol. The second kappa shape index (κ2) is 14.1. The first-order valence-corrected chi connectivity index (χ1v) is 17.0. The summed E-state index contributed by atoms with van der Waals surface area (Å²) >= 11 is 12.6. The first-order valence-electron chi connectivity index (χ1n) is 14.4. The van der Waals surface area contributed by atoms with Crippen molar-refractivity contribution >= 4 is 58.9 Å². The van der Waals surface area contributed by atoms with Crippen LogP contribution in [0.25, 0.3) is 16.7 Å². The number of benzene rings is 3. The highest BCUT2D eigenvalue weighted by Crippen LogP contribution is 2.37. The Bertz CT molecular complexity index is 1710. The topological polar surface area (TPSA) is 97.6 Å². The minimum absolute atomic E-state index is 0.0868. The second-order valence-corrected chi connectivity index (χ2v) is 16.4. The number of ether oxygens (including phenoxy) is 3. The van der Waals surface area contributed by atoms with Gasteiger partial charge in [-0.05, 0) is 27.5 Å². The van der Waals surface area contributed by atoms with Crippen molar-refractivity contribution in [1.29, 1.82) is 0 Å². The van der Waals surface area contributed by atoms with Gasteiger partial charge in [-0.25, -0.2) is 19.4 Å². The van der Waals surface area contributed by atoms with Crippen LogP contribution in [0.4, 0.5) is 0 Å². The van der Waals surface area contributed by atoms with E-state index in [2.05, 4.69) is 60.1 Å². The maximum atomic E-state index is 12.7. The lowest BCUT2D eigenvalue weighted by atomic mass is 10.2. The third-order valence-corrected chi connectivity index (χ3v) is 13.3. The van der Waals surface area contributed by atoms with Crippen molar-refractivity contribution in [2.45, 2.75) is 31.9 Å². The predicted octanol–water partition coefficient (Wildman–Crippen LogP) is 5.64. The van der Waals surface area contributed by atoms with Crippen LogP contribution in [0, 0.1) is 0 Å². The highest BCUT2D eigenvalue weighted by atomic mass is 35.5. The summed E-state index contributed by atoms with van der Waals surface area (Å²) in [6.07, 6.45) is 1.76. The fraction of sp³-hybridized carbons (Fsp3) is 0.273. The monoisotopic (exact) mass is 664 g/mol. The van der Waals surface area contributed by atoms with E-state index in [1.165, 1.54) is 34.7 Å². The molecule has 0 amide bonds. The van der Waals surface area contributed by atoms with E-state index in [1.807, 2.05) is 36.4 Å². The van der Waals surface area contributed by atoms with Crippen LogP contribution in [0.3, 0.4) is 0 Å². The third kappa shape index (κ3) is 6.75. The maximum absolute atomic E-state index is 12.7. The standard InChI is InChI=1S/C33H34Cl2N4O5Si/c1-33(2,3)45(23-12-7-5-8-13-23,24-14-9-6-10-15-24)43-19-18-42-21-28(32(40)41-4)44-31-25-20-38-39(30(25)36-22-37-31)27-17-11-16-26(34)29(27)35/h5-17,20,22,28H,18-19,21H2,1-4H3. The van der Waals surface area contributed by atoms with Crippen LogP contribution < -0.4 is 15.1 Å². The number of fused-ring (bicyclic) bond motifs is 1. The molecule has 0 spiro atoms. The molecule has 5 rings (SSSR count). The van der Waals surface area contributed by atoms with E-state index >= 15 is 0 Å². The smallest absolute Gasteiger partial charge is 0.349 e. The fourth-order valence-corrected chi connectivity index (χ4v) is 10.3. The summed E-state index contributed by atoms with van der Waals surface area (Å²) < 4.78 is 25.4. The number of halogens is 2. The van der Waals surface area contributed by atoms with Gasteiger partial charge in [0.1, 0.15) is 11.7 Å². The summed E-state index contributed by atoms with van der Waals surface area (Å²) in [4.78, 5) is 21.3. The van der Waals surface area contributed by atoms with Crippen molar-refractivity contribution in [3.63, 3.8) is 0 Å². The summed E-state index contributed by atoms with van der Waals surface area (Å²) in [5, 5.41) is 7.76. The number of aromatic nitrogens is 4. The molecule has 0 aliphatic carbocycles. The zero-order valence-electron chi connectivity index (χ0n) is 25.4. The molecule has 0 saturated carbocycles. The highest BCUT2D eigenvalue weighted by Gasteiger charge is 2.50. The number of rotatable bonds is 12. The quantitative estimate of drug-likeness (QED) is 0.0961. The second-order valence-electron chi connectivity index (χ2n) is 11.3. The normalized spacial score (nSPS) is 12.7. The van der Waals surface area contributed by atoms with Crippen molar-refractivity contribution in [2.75, 3.05) is 26.9 Å². The Labute approximate surface area is 273 Å². The molecule has 3 aromatic carbocycles. The molecule has 0 aliphatic rings. The Hall–Kier alpha value is -3.80. The van der Waals surface area contributed by atoms with Crippen LogP contribution in [0.1, 0.15) is 20.8 Å². The van der Waals surface area contributed by atoms with Gasteiger partial charge in [-0.15, -0.1) is 0 Å². The molecule has 234 valence electrons. The lowest BCUT2D eigenvalue weighted by molar-refractivity contribution is -0.152. The van der Waals surface area contributed by atoms with E-state index < -0.39 is 20.4 Å². The average Bonchev–Trinajstić information content (AvgIpc) is 3.48. The molecule has 45 heavy (non-hydrogen) atoms.